The third kappa shape index (κ3) is 2.45. The van der Waals surface area contributed by atoms with Crippen molar-refractivity contribution >= 4 is 12.0 Å². The summed E-state index contributed by atoms with van der Waals surface area (Å²) < 4.78 is 5.00. The van der Waals surface area contributed by atoms with E-state index in [-0.39, 0.29) is 0 Å². The minimum Gasteiger partial charge on any atom is -0.504 e. The Kier molecular flexibility index (Phi) is 3.51. The molecule has 0 bridgehead atoms. The molecule has 1 N–H and O–H groups in total. The molecule has 0 aliphatic heterocycles. The number of hydrogen-bond acceptors (Lipinski definition) is 2. The molecule has 2 rings (SSSR count). The maximum absolute atomic E-state index is 11.0. The smallest absolute Gasteiger partial charge is 0.310 e. The number of aliphatic carboxylic acids is 1. The standard InChI is InChI=1S/C15H16O3/c1-10(15(16)17)12-5-6-13-7-11(9-18-2)3-4-14(13)8-12/h3-6,8-10H,7H2,1-2H3,(H,16,17). The van der Waals surface area contributed by atoms with Crippen LogP contribution < -0.4 is 0 Å². The van der Waals surface area contributed by atoms with Crippen molar-refractivity contribution in [3.05, 3.63) is 52.8 Å². The number of carboxylic acids is 1. The molecule has 1 aliphatic carbocycles. The zero-order valence-electron chi connectivity index (χ0n) is 10.5. The lowest BCUT2D eigenvalue weighted by Gasteiger charge is -2.15. The molecular weight excluding hydrogens is 228 g/mol. The molecule has 0 fully saturated rings. The third-order valence-corrected chi connectivity index (χ3v) is 3.18. The molecule has 0 heterocycles. The summed E-state index contributed by atoms with van der Waals surface area (Å²) in [7, 11) is 1.63. The second kappa shape index (κ2) is 5.08. The Morgan fingerprint density at radius 3 is 2.89 bits per heavy atom. The molecule has 0 spiro atoms. The van der Waals surface area contributed by atoms with Crippen molar-refractivity contribution < 1.29 is 14.6 Å². The lowest BCUT2D eigenvalue weighted by Crippen LogP contribution is -2.08. The van der Waals surface area contributed by atoms with Crippen LogP contribution in [-0.4, -0.2) is 18.2 Å². The number of methoxy groups -OCH3 is 1. The maximum Gasteiger partial charge on any atom is 0.310 e. The molecule has 1 aromatic rings. The van der Waals surface area contributed by atoms with Gasteiger partial charge in [-0.2, -0.15) is 0 Å². The van der Waals surface area contributed by atoms with Crippen LogP contribution in [-0.2, 0) is 16.0 Å². The van der Waals surface area contributed by atoms with Crippen LogP contribution in [0.1, 0.15) is 29.5 Å². The van der Waals surface area contributed by atoms with Crippen molar-refractivity contribution in [2.24, 2.45) is 0 Å². The van der Waals surface area contributed by atoms with Crippen LogP contribution in [0.3, 0.4) is 0 Å². The molecule has 1 atom stereocenters. The predicted octanol–water partition coefficient (Wildman–Crippen LogP) is 2.97. The fourth-order valence-electron chi connectivity index (χ4n) is 2.05. The molecule has 1 aromatic carbocycles. The van der Waals surface area contributed by atoms with Crippen molar-refractivity contribution in [1.82, 2.24) is 0 Å². The number of hydrogen-bond donors (Lipinski definition) is 1. The van der Waals surface area contributed by atoms with Gasteiger partial charge in [-0.05, 0) is 29.2 Å². The van der Waals surface area contributed by atoms with Gasteiger partial charge in [-0.15, -0.1) is 0 Å². The lowest BCUT2D eigenvalue weighted by atomic mass is 9.90. The SMILES string of the molecule is COC=C1C=Cc2cc(C(C)C(=O)O)ccc2C1. The fraction of sp³-hybridized carbons (Fsp3) is 0.267. The molecule has 0 radical (unpaired) electrons. The van der Waals surface area contributed by atoms with Gasteiger partial charge in [0.1, 0.15) is 0 Å². The van der Waals surface area contributed by atoms with E-state index in [2.05, 4.69) is 0 Å². The highest BCUT2D eigenvalue weighted by Crippen LogP contribution is 2.26. The Bertz CT molecular complexity index is 527. The first kappa shape index (κ1) is 12.4. The first-order valence-electron chi connectivity index (χ1n) is 5.87. The molecule has 3 nitrogen and oxygen atoms in total. The molecule has 0 aromatic heterocycles. The molecule has 0 saturated heterocycles. The summed E-state index contributed by atoms with van der Waals surface area (Å²) in [5.41, 5.74) is 4.24. The van der Waals surface area contributed by atoms with Crippen molar-refractivity contribution in [2.45, 2.75) is 19.3 Å². The molecular formula is C15H16O3. The normalized spacial score (nSPS) is 17.3. The first-order valence-corrected chi connectivity index (χ1v) is 5.87. The Hall–Kier alpha value is -2.03. The highest BCUT2D eigenvalue weighted by Gasteiger charge is 2.16. The number of carboxylic acid groups (broad SMARTS) is 1. The second-order valence-corrected chi connectivity index (χ2v) is 4.46. The van der Waals surface area contributed by atoms with Gasteiger partial charge in [0.15, 0.2) is 0 Å². The maximum atomic E-state index is 11.0. The minimum atomic E-state index is -0.797. The summed E-state index contributed by atoms with van der Waals surface area (Å²) in [6.07, 6.45) is 6.55. The van der Waals surface area contributed by atoms with Gasteiger partial charge < -0.3 is 9.84 Å². The van der Waals surface area contributed by atoms with Gasteiger partial charge in [0.25, 0.3) is 0 Å². The Labute approximate surface area is 106 Å². The van der Waals surface area contributed by atoms with E-state index >= 15 is 0 Å². The van der Waals surface area contributed by atoms with Gasteiger partial charge in [0.05, 0.1) is 19.3 Å². The monoisotopic (exact) mass is 244 g/mol. The zero-order valence-corrected chi connectivity index (χ0v) is 10.5. The van der Waals surface area contributed by atoms with E-state index in [1.165, 1.54) is 5.56 Å². The minimum absolute atomic E-state index is 0.473. The average molecular weight is 244 g/mol. The first-order chi connectivity index (χ1) is 8.61. The van der Waals surface area contributed by atoms with E-state index in [4.69, 9.17) is 9.84 Å². The molecule has 94 valence electrons. The number of rotatable bonds is 3. The number of fused-ring (bicyclic) bond motifs is 1. The van der Waals surface area contributed by atoms with Crippen LogP contribution in [0.25, 0.3) is 6.08 Å². The van der Waals surface area contributed by atoms with Gasteiger partial charge in [-0.25, -0.2) is 0 Å². The highest BCUT2D eigenvalue weighted by molar-refractivity contribution is 5.76. The molecule has 18 heavy (non-hydrogen) atoms. The van der Waals surface area contributed by atoms with Gasteiger partial charge in [-0.3, -0.25) is 4.79 Å². The van der Waals surface area contributed by atoms with Crippen molar-refractivity contribution in [3.8, 4) is 0 Å². The molecule has 3 heteroatoms. The fourth-order valence-corrected chi connectivity index (χ4v) is 2.05. The van der Waals surface area contributed by atoms with E-state index in [1.54, 1.807) is 20.3 Å². The van der Waals surface area contributed by atoms with E-state index in [9.17, 15) is 4.79 Å². The van der Waals surface area contributed by atoms with Crippen LogP contribution in [0.5, 0.6) is 0 Å². The van der Waals surface area contributed by atoms with Crippen molar-refractivity contribution in [2.75, 3.05) is 7.11 Å². The predicted molar refractivity (Wildman–Crippen MR) is 70.3 cm³/mol. The van der Waals surface area contributed by atoms with Gasteiger partial charge in [-0.1, -0.05) is 30.4 Å². The quantitative estimate of drug-likeness (QED) is 0.831. The summed E-state index contributed by atoms with van der Waals surface area (Å²) in [5, 5.41) is 9.01. The summed E-state index contributed by atoms with van der Waals surface area (Å²) in [5.74, 6) is -1.27. The van der Waals surface area contributed by atoms with Crippen molar-refractivity contribution in [3.63, 3.8) is 0 Å². The summed E-state index contributed by atoms with van der Waals surface area (Å²) in [4.78, 5) is 11.0. The summed E-state index contributed by atoms with van der Waals surface area (Å²) >= 11 is 0. The van der Waals surface area contributed by atoms with E-state index in [1.807, 2.05) is 30.4 Å². The van der Waals surface area contributed by atoms with Crippen LogP contribution in [0.4, 0.5) is 0 Å². The highest BCUT2D eigenvalue weighted by atomic mass is 16.5. The summed E-state index contributed by atoms with van der Waals surface area (Å²) in [6, 6.07) is 5.84. The number of benzene rings is 1. The number of ether oxygens (including phenoxy) is 1. The zero-order chi connectivity index (χ0) is 13.1. The summed E-state index contributed by atoms with van der Waals surface area (Å²) in [6.45, 7) is 1.70. The van der Waals surface area contributed by atoms with Crippen molar-refractivity contribution in [1.29, 1.82) is 0 Å². The molecule has 0 saturated carbocycles. The van der Waals surface area contributed by atoms with Crippen LogP contribution in [0.2, 0.25) is 0 Å². The number of carbonyl (C=O) groups is 1. The Morgan fingerprint density at radius 1 is 1.44 bits per heavy atom. The van der Waals surface area contributed by atoms with Gasteiger partial charge >= 0.3 is 5.97 Å². The second-order valence-electron chi connectivity index (χ2n) is 4.46. The van der Waals surface area contributed by atoms with E-state index in [0.717, 1.165) is 23.1 Å². The Balaban J connectivity index is 2.31. The van der Waals surface area contributed by atoms with Gasteiger partial charge in [0.2, 0.25) is 0 Å². The van der Waals surface area contributed by atoms with E-state index < -0.39 is 11.9 Å². The Morgan fingerprint density at radius 2 is 2.22 bits per heavy atom. The van der Waals surface area contributed by atoms with Gasteiger partial charge in [0, 0.05) is 6.42 Å². The molecule has 1 aliphatic rings. The topological polar surface area (TPSA) is 46.5 Å². The third-order valence-electron chi connectivity index (χ3n) is 3.18. The molecule has 1 unspecified atom stereocenters. The van der Waals surface area contributed by atoms with E-state index in [0.29, 0.717) is 0 Å². The largest absolute Gasteiger partial charge is 0.504 e. The van der Waals surface area contributed by atoms with Crippen LogP contribution >= 0.6 is 0 Å². The van der Waals surface area contributed by atoms with Crippen LogP contribution in [0.15, 0.2) is 36.1 Å². The van der Waals surface area contributed by atoms with Crippen LogP contribution in [0, 0.1) is 0 Å². The number of allylic oxidation sites excluding steroid dienone is 2. The average Bonchev–Trinajstić information content (AvgIpc) is 2.37. The molecule has 0 amide bonds. The lowest BCUT2D eigenvalue weighted by molar-refractivity contribution is -0.138.